The van der Waals surface area contributed by atoms with Gasteiger partial charge in [-0.2, -0.15) is 0 Å². The number of halogens is 1. The minimum Gasteiger partial charge on any atom is -0.504 e. The molecule has 0 saturated heterocycles. The van der Waals surface area contributed by atoms with Crippen LogP contribution in [0.1, 0.15) is 17.0 Å². The first-order valence-corrected chi connectivity index (χ1v) is 6.06. The average Bonchev–Trinajstić information content (AvgIpc) is 2.39. The summed E-state index contributed by atoms with van der Waals surface area (Å²) in [5, 5.41) is 18.9. The Balaban J connectivity index is 1.92. The highest BCUT2D eigenvalue weighted by Crippen LogP contribution is 2.39. The molecule has 98 valence electrons. The van der Waals surface area contributed by atoms with E-state index >= 15 is 0 Å². The van der Waals surface area contributed by atoms with Crippen LogP contribution in [0.5, 0.6) is 17.2 Å². The first kappa shape index (κ1) is 11.8. The molecule has 1 aliphatic heterocycles. The number of phenols is 2. The minimum atomic E-state index is -0.267. The van der Waals surface area contributed by atoms with Gasteiger partial charge in [0.1, 0.15) is 11.6 Å². The van der Waals surface area contributed by atoms with E-state index in [0.717, 1.165) is 11.1 Å². The van der Waals surface area contributed by atoms with Crippen molar-refractivity contribution in [1.82, 2.24) is 0 Å². The predicted octanol–water partition coefficient (Wildman–Crippen LogP) is 2.96. The molecule has 2 aromatic carbocycles. The van der Waals surface area contributed by atoms with Crippen molar-refractivity contribution in [3.63, 3.8) is 0 Å². The average molecular weight is 260 g/mol. The molecule has 1 aliphatic rings. The third-order valence-corrected chi connectivity index (χ3v) is 3.38. The topological polar surface area (TPSA) is 49.7 Å². The molecule has 4 heteroatoms. The largest absolute Gasteiger partial charge is 0.504 e. The van der Waals surface area contributed by atoms with Gasteiger partial charge in [0.05, 0.1) is 6.61 Å². The summed E-state index contributed by atoms with van der Waals surface area (Å²) in [6.07, 6.45) is 0.645. The lowest BCUT2D eigenvalue weighted by Gasteiger charge is -2.26. The van der Waals surface area contributed by atoms with Gasteiger partial charge in [0.2, 0.25) is 0 Å². The van der Waals surface area contributed by atoms with Gasteiger partial charge in [-0.05, 0) is 35.7 Å². The Labute approximate surface area is 109 Å². The molecule has 3 nitrogen and oxygen atoms in total. The summed E-state index contributed by atoms with van der Waals surface area (Å²) in [6, 6.07) is 9.35. The summed E-state index contributed by atoms with van der Waals surface area (Å²) >= 11 is 0. The summed E-state index contributed by atoms with van der Waals surface area (Å²) in [6.45, 7) is 0.431. The summed E-state index contributed by atoms with van der Waals surface area (Å²) in [7, 11) is 0. The van der Waals surface area contributed by atoms with Crippen LogP contribution in [0, 0.1) is 5.82 Å². The van der Waals surface area contributed by atoms with Crippen LogP contribution in [0.2, 0.25) is 0 Å². The van der Waals surface area contributed by atoms with Crippen molar-refractivity contribution in [2.45, 2.75) is 12.3 Å². The molecule has 1 heterocycles. The molecule has 0 aromatic heterocycles. The number of hydrogen-bond acceptors (Lipinski definition) is 3. The van der Waals surface area contributed by atoms with Gasteiger partial charge in [0.15, 0.2) is 11.5 Å². The van der Waals surface area contributed by atoms with Crippen molar-refractivity contribution in [3.8, 4) is 17.2 Å². The van der Waals surface area contributed by atoms with Crippen molar-refractivity contribution >= 4 is 0 Å². The smallest absolute Gasteiger partial charge is 0.161 e. The van der Waals surface area contributed by atoms with E-state index in [1.165, 1.54) is 24.3 Å². The van der Waals surface area contributed by atoms with Crippen LogP contribution in [-0.4, -0.2) is 16.8 Å². The molecule has 0 bridgehead atoms. The summed E-state index contributed by atoms with van der Waals surface area (Å²) in [4.78, 5) is 0. The molecule has 0 aliphatic carbocycles. The SMILES string of the molecule is Oc1cc2c(cc1O)OCC(c1cccc(F)c1)C2. The zero-order chi connectivity index (χ0) is 13.4. The second-order valence-corrected chi connectivity index (χ2v) is 4.72. The Morgan fingerprint density at radius 3 is 2.68 bits per heavy atom. The molecule has 0 radical (unpaired) electrons. The lowest BCUT2D eigenvalue weighted by molar-refractivity contribution is 0.259. The van der Waals surface area contributed by atoms with Crippen molar-refractivity contribution in [3.05, 3.63) is 53.3 Å². The van der Waals surface area contributed by atoms with Crippen LogP contribution in [0.4, 0.5) is 4.39 Å². The van der Waals surface area contributed by atoms with E-state index < -0.39 is 0 Å². The molecule has 2 N–H and O–H groups in total. The molecule has 1 unspecified atom stereocenters. The highest BCUT2D eigenvalue weighted by molar-refractivity contribution is 5.50. The zero-order valence-corrected chi connectivity index (χ0v) is 10.1. The van der Waals surface area contributed by atoms with Crippen molar-refractivity contribution in [2.24, 2.45) is 0 Å². The normalized spacial score (nSPS) is 17.6. The van der Waals surface area contributed by atoms with E-state index in [-0.39, 0.29) is 23.2 Å². The number of hydrogen-bond donors (Lipinski definition) is 2. The number of rotatable bonds is 1. The van der Waals surface area contributed by atoms with Gasteiger partial charge in [-0.1, -0.05) is 12.1 Å². The first-order chi connectivity index (χ1) is 9.13. The van der Waals surface area contributed by atoms with E-state index in [1.807, 2.05) is 6.07 Å². The van der Waals surface area contributed by atoms with Gasteiger partial charge in [-0.25, -0.2) is 4.39 Å². The molecule has 0 amide bonds. The van der Waals surface area contributed by atoms with Gasteiger partial charge in [-0.3, -0.25) is 0 Å². The maximum absolute atomic E-state index is 13.2. The van der Waals surface area contributed by atoms with Crippen LogP contribution in [0.3, 0.4) is 0 Å². The Morgan fingerprint density at radius 2 is 1.89 bits per heavy atom. The van der Waals surface area contributed by atoms with Crippen LogP contribution < -0.4 is 4.74 Å². The Bertz CT molecular complexity index is 625. The maximum atomic E-state index is 13.2. The van der Waals surface area contributed by atoms with E-state index in [1.54, 1.807) is 6.07 Å². The summed E-state index contributed by atoms with van der Waals surface area (Å²) in [5.74, 6) is -0.00264. The van der Waals surface area contributed by atoms with Gasteiger partial charge in [-0.15, -0.1) is 0 Å². The monoisotopic (exact) mass is 260 g/mol. The van der Waals surface area contributed by atoms with Gasteiger partial charge in [0, 0.05) is 12.0 Å². The number of aromatic hydroxyl groups is 2. The molecule has 3 rings (SSSR count). The van der Waals surface area contributed by atoms with E-state index in [4.69, 9.17) is 4.74 Å². The summed E-state index contributed by atoms with van der Waals surface area (Å²) in [5.41, 5.74) is 1.69. The lowest BCUT2D eigenvalue weighted by Crippen LogP contribution is -2.19. The number of ether oxygens (including phenoxy) is 1. The highest BCUT2D eigenvalue weighted by Gasteiger charge is 2.23. The molecule has 0 spiro atoms. The Morgan fingerprint density at radius 1 is 1.11 bits per heavy atom. The number of benzene rings is 2. The molecular formula is C15H13FO3. The Hall–Kier alpha value is -2.23. The van der Waals surface area contributed by atoms with Crippen molar-refractivity contribution in [1.29, 1.82) is 0 Å². The van der Waals surface area contributed by atoms with Crippen LogP contribution in [0.25, 0.3) is 0 Å². The third-order valence-electron chi connectivity index (χ3n) is 3.38. The highest BCUT2D eigenvalue weighted by atomic mass is 19.1. The molecule has 1 atom stereocenters. The zero-order valence-electron chi connectivity index (χ0n) is 10.1. The van der Waals surface area contributed by atoms with Crippen molar-refractivity contribution in [2.75, 3.05) is 6.61 Å². The fourth-order valence-corrected chi connectivity index (χ4v) is 2.38. The van der Waals surface area contributed by atoms with Crippen LogP contribution in [-0.2, 0) is 6.42 Å². The third kappa shape index (κ3) is 2.21. The second-order valence-electron chi connectivity index (χ2n) is 4.72. The Kier molecular flexibility index (Phi) is 2.78. The maximum Gasteiger partial charge on any atom is 0.161 e. The number of fused-ring (bicyclic) bond motifs is 1. The fraction of sp³-hybridized carbons (Fsp3) is 0.200. The predicted molar refractivity (Wildman–Crippen MR) is 68.1 cm³/mol. The van der Waals surface area contributed by atoms with E-state index in [2.05, 4.69) is 0 Å². The first-order valence-electron chi connectivity index (χ1n) is 6.06. The molecule has 0 saturated carbocycles. The van der Waals surface area contributed by atoms with Crippen LogP contribution in [0.15, 0.2) is 36.4 Å². The fourth-order valence-electron chi connectivity index (χ4n) is 2.38. The quantitative estimate of drug-likeness (QED) is 0.775. The van der Waals surface area contributed by atoms with Crippen LogP contribution >= 0.6 is 0 Å². The van der Waals surface area contributed by atoms with E-state index in [9.17, 15) is 14.6 Å². The summed E-state index contributed by atoms with van der Waals surface area (Å²) < 4.78 is 18.8. The molecule has 19 heavy (non-hydrogen) atoms. The number of phenolic OH excluding ortho intramolecular Hbond substituents is 2. The standard InChI is InChI=1S/C15H13FO3/c16-12-3-1-2-9(5-12)11-4-10-6-13(17)14(18)7-15(10)19-8-11/h1-3,5-7,11,17-18H,4,8H2. The van der Waals surface area contributed by atoms with E-state index in [0.29, 0.717) is 18.8 Å². The van der Waals surface area contributed by atoms with Gasteiger partial charge >= 0.3 is 0 Å². The second kappa shape index (κ2) is 4.46. The molecule has 2 aromatic rings. The van der Waals surface area contributed by atoms with Gasteiger partial charge < -0.3 is 14.9 Å². The lowest BCUT2D eigenvalue weighted by atomic mass is 9.90. The molecule has 0 fully saturated rings. The molecular weight excluding hydrogens is 247 g/mol. The van der Waals surface area contributed by atoms with Crippen molar-refractivity contribution < 1.29 is 19.3 Å². The van der Waals surface area contributed by atoms with Gasteiger partial charge in [0.25, 0.3) is 0 Å². The minimum absolute atomic E-state index is 0.0483.